The van der Waals surface area contributed by atoms with E-state index in [9.17, 15) is 18.5 Å². The molecule has 0 aliphatic rings. The molecule has 0 aliphatic carbocycles. The van der Waals surface area contributed by atoms with Crippen molar-refractivity contribution < 1.29 is 13.2 Å². The highest BCUT2D eigenvalue weighted by Crippen LogP contribution is 2.25. The minimum absolute atomic E-state index is 0.0602. The largest absolute Gasteiger partial charge is 0.340 e. The van der Waals surface area contributed by atoms with Crippen LogP contribution in [0.1, 0.15) is 23.2 Å². The molecule has 0 saturated heterocycles. The predicted octanol–water partition coefficient (Wildman–Crippen LogP) is 3.90. The number of benzene rings is 2. The van der Waals surface area contributed by atoms with Crippen molar-refractivity contribution >= 4 is 27.5 Å². The highest BCUT2D eigenvalue weighted by atomic mass is 35.5. The Bertz CT molecular complexity index is 1540. The normalized spacial score (nSPS) is 12.2. The zero-order chi connectivity index (χ0) is 27.3. The van der Waals surface area contributed by atoms with Gasteiger partial charge in [-0.3, -0.25) is 4.79 Å². The van der Waals surface area contributed by atoms with E-state index in [1.165, 1.54) is 11.0 Å². The van der Waals surface area contributed by atoms with Gasteiger partial charge in [0.1, 0.15) is 22.7 Å². The number of carbonyl (C=O) groups is 1. The fraction of sp³-hybridized carbons (Fsp3) is 0.222. The first kappa shape index (κ1) is 27.1. The second kappa shape index (κ2) is 11.6. The van der Waals surface area contributed by atoms with Crippen LogP contribution in [0, 0.1) is 18.3 Å². The maximum Gasteiger partial charge on any atom is 0.243 e. The summed E-state index contributed by atoms with van der Waals surface area (Å²) in [6.07, 6.45) is 5.38. The van der Waals surface area contributed by atoms with Crippen molar-refractivity contribution in [3.05, 3.63) is 101 Å². The molecular formula is C27H27ClN6O3S. The van der Waals surface area contributed by atoms with E-state index in [4.69, 9.17) is 11.6 Å². The molecule has 0 radical (unpaired) electrons. The summed E-state index contributed by atoms with van der Waals surface area (Å²) in [4.78, 5) is 15.0. The summed E-state index contributed by atoms with van der Waals surface area (Å²) in [5, 5.41) is 13.6. The fourth-order valence-electron chi connectivity index (χ4n) is 4.21. The van der Waals surface area contributed by atoms with Gasteiger partial charge in [-0.2, -0.15) is 15.1 Å². The molecule has 38 heavy (non-hydrogen) atoms. The lowest BCUT2D eigenvalue weighted by atomic mass is 10.1. The molecule has 9 nitrogen and oxygen atoms in total. The fourth-order valence-corrected chi connectivity index (χ4v) is 6.26. The van der Waals surface area contributed by atoms with Crippen molar-refractivity contribution in [1.29, 1.82) is 5.26 Å². The van der Waals surface area contributed by atoms with Crippen LogP contribution in [0.15, 0.2) is 84.1 Å². The zero-order valence-corrected chi connectivity index (χ0v) is 22.5. The van der Waals surface area contributed by atoms with Crippen LogP contribution >= 0.6 is 11.6 Å². The molecule has 2 aromatic carbocycles. The van der Waals surface area contributed by atoms with Crippen LogP contribution in [0.25, 0.3) is 5.69 Å². The third-order valence-corrected chi connectivity index (χ3v) is 8.23. The van der Waals surface area contributed by atoms with Crippen molar-refractivity contribution in [3.8, 4) is 11.8 Å². The van der Waals surface area contributed by atoms with Gasteiger partial charge in [0.15, 0.2) is 0 Å². The van der Waals surface area contributed by atoms with Gasteiger partial charge in [0.25, 0.3) is 0 Å². The summed E-state index contributed by atoms with van der Waals surface area (Å²) < 4.78 is 32.7. The summed E-state index contributed by atoms with van der Waals surface area (Å²) in [5.74, 6) is -0.403. The van der Waals surface area contributed by atoms with E-state index in [1.807, 2.05) is 36.5 Å². The molecule has 4 aromatic rings. The van der Waals surface area contributed by atoms with E-state index in [0.29, 0.717) is 11.3 Å². The lowest BCUT2D eigenvalue weighted by molar-refractivity contribution is -0.132. The number of halogens is 1. The first-order valence-corrected chi connectivity index (χ1v) is 13.7. The molecular weight excluding hydrogens is 524 g/mol. The molecule has 1 unspecified atom stereocenters. The molecule has 0 bridgehead atoms. The number of nitrogens with one attached hydrogen (secondary N) is 1. The lowest BCUT2D eigenvalue weighted by Gasteiger charge is -2.25. The molecule has 1 amide bonds. The van der Waals surface area contributed by atoms with Crippen LogP contribution in [0.5, 0.6) is 0 Å². The number of sulfonamides is 1. The standard InChI is InChI=1S/C27H27ClN6O3S/c1-20-6-3-8-24(28)26(20)38(36,37)31-25(13-17-33-15-4-7-23(33)18-29)27(35)32(2)19-21-9-11-22(12-10-21)34-16-5-14-30-34/h3-12,14-16,25,31H,13,17,19H2,1-2H3. The van der Waals surface area contributed by atoms with E-state index in [1.54, 1.807) is 59.9 Å². The quantitative estimate of drug-likeness (QED) is 0.322. The monoisotopic (exact) mass is 550 g/mol. The van der Waals surface area contributed by atoms with Gasteiger partial charge in [0, 0.05) is 38.7 Å². The highest BCUT2D eigenvalue weighted by molar-refractivity contribution is 7.89. The van der Waals surface area contributed by atoms with Gasteiger partial charge in [-0.25, -0.2) is 13.1 Å². The van der Waals surface area contributed by atoms with Gasteiger partial charge in [-0.15, -0.1) is 0 Å². The summed E-state index contributed by atoms with van der Waals surface area (Å²) in [7, 11) is -2.50. The predicted molar refractivity (Wildman–Crippen MR) is 144 cm³/mol. The van der Waals surface area contributed by atoms with Crippen molar-refractivity contribution in [2.75, 3.05) is 7.05 Å². The molecule has 2 aromatic heterocycles. The smallest absolute Gasteiger partial charge is 0.243 e. The van der Waals surface area contributed by atoms with Gasteiger partial charge in [-0.1, -0.05) is 35.9 Å². The Hall–Kier alpha value is -3.91. The average molecular weight is 551 g/mol. The molecule has 11 heteroatoms. The summed E-state index contributed by atoms with van der Waals surface area (Å²) >= 11 is 6.23. The van der Waals surface area contributed by atoms with Crippen LogP contribution in [0.2, 0.25) is 5.02 Å². The maximum atomic E-state index is 13.6. The van der Waals surface area contributed by atoms with Crippen LogP contribution in [-0.2, 0) is 27.9 Å². The zero-order valence-electron chi connectivity index (χ0n) is 21.0. The topological polar surface area (TPSA) is 113 Å². The third kappa shape index (κ3) is 6.14. The molecule has 2 heterocycles. The number of hydrogen-bond acceptors (Lipinski definition) is 5. The third-order valence-electron chi connectivity index (χ3n) is 6.13. The Morgan fingerprint density at radius 3 is 2.55 bits per heavy atom. The van der Waals surface area contributed by atoms with Gasteiger partial charge in [0.05, 0.1) is 10.7 Å². The number of nitriles is 1. The second-order valence-corrected chi connectivity index (χ2v) is 10.9. The van der Waals surface area contributed by atoms with Crippen molar-refractivity contribution in [2.24, 2.45) is 0 Å². The van der Waals surface area contributed by atoms with Crippen LogP contribution in [0.4, 0.5) is 0 Å². The Labute approximate surface area is 226 Å². The molecule has 0 fully saturated rings. The van der Waals surface area contributed by atoms with Gasteiger partial charge >= 0.3 is 0 Å². The number of rotatable bonds is 10. The van der Waals surface area contributed by atoms with Crippen molar-refractivity contribution in [3.63, 3.8) is 0 Å². The Morgan fingerprint density at radius 2 is 1.89 bits per heavy atom. The molecule has 0 spiro atoms. The number of nitrogens with zero attached hydrogens (tertiary/aromatic N) is 5. The average Bonchev–Trinajstić information content (AvgIpc) is 3.58. The molecule has 0 saturated carbocycles. The number of carbonyl (C=O) groups excluding carboxylic acids is 1. The highest BCUT2D eigenvalue weighted by Gasteiger charge is 2.30. The second-order valence-electron chi connectivity index (χ2n) is 8.86. The summed E-state index contributed by atoms with van der Waals surface area (Å²) in [6, 6.07) is 18.6. The van der Waals surface area contributed by atoms with E-state index < -0.39 is 22.0 Å². The van der Waals surface area contributed by atoms with E-state index in [2.05, 4.69) is 15.9 Å². The first-order chi connectivity index (χ1) is 18.2. The molecule has 1 N–H and O–H groups in total. The van der Waals surface area contributed by atoms with Crippen LogP contribution in [-0.4, -0.2) is 46.7 Å². The van der Waals surface area contributed by atoms with Gasteiger partial charge < -0.3 is 9.47 Å². The number of aryl methyl sites for hydroxylation is 2. The molecule has 0 aliphatic heterocycles. The first-order valence-electron chi connectivity index (χ1n) is 11.9. The number of hydrogen-bond donors (Lipinski definition) is 1. The Kier molecular flexibility index (Phi) is 8.32. The van der Waals surface area contributed by atoms with Crippen LogP contribution < -0.4 is 4.72 Å². The van der Waals surface area contributed by atoms with Crippen molar-refractivity contribution in [1.82, 2.24) is 24.0 Å². The summed E-state index contributed by atoms with van der Waals surface area (Å²) in [6.45, 7) is 2.19. The van der Waals surface area contributed by atoms with Crippen molar-refractivity contribution in [2.45, 2.75) is 37.4 Å². The molecule has 1 atom stereocenters. The Balaban J connectivity index is 1.55. The van der Waals surface area contributed by atoms with E-state index in [-0.39, 0.29) is 29.4 Å². The van der Waals surface area contributed by atoms with E-state index in [0.717, 1.165) is 11.3 Å². The van der Waals surface area contributed by atoms with E-state index >= 15 is 0 Å². The number of aromatic nitrogens is 3. The molecule has 4 rings (SSSR count). The lowest BCUT2D eigenvalue weighted by Crippen LogP contribution is -2.47. The summed E-state index contributed by atoms with van der Waals surface area (Å²) in [5.41, 5.74) is 2.65. The van der Waals surface area contributed by atoms with Gasteiger partial charge in [0.2, 0.25) is 15.9 Å². The number of likely N-dealkylation sites (N-methyl/N-ethyl adjacent to an activating group) is 1. The maximum absolute atomic E-state index is 13.6. The van der Waals surface area contributed by atoms with Gasteiger partial charge in [-0.05, 0) is 60.9 Å². The SMILES string of the molecule is Cc1cccc(Cl)c1S(=O)(=O)NC(CCn1cccc1C#N)C(=O)N(C)Cc1ccc(-n2cccn2)cc1. The Morgan fingerprint density at radius 1 is 1.13 bits per heavy atom. The number of amides is 1. The minimum atomic E-state index is -4.12. The van der Waals surface area contributed by atoms with Crippen LogP contribution in [0.3, 0.4) is 0 Å². The molecule has 196 valence electrons. The minimum Gasteiger partial charge on any atom is -0.340 e.